The fourth-order valence-corrected chi connectivity index (χ4v) is 3.16. The molecular weight excluding hydrogens is 326 g/mol. The molecule has 0 aromatic heterocycles. The first-order valence-electron chi connectivity index (χ1n) is 8.44. The number of rotatable bonds is 6. The largest absolute Gasteiger partial charge is 0.366 e. The zero-order chi connectivity index (χ0) is 18.5. The van der Waals surface area contributed by atoms with Gasteiger partial charge in [0.25, 0.3) is 0 Å². The molecule has 1 aliphatic rings. The third kappa shape index (κ3) is 3.83. The molecule has 0 saturated carbocycles. The van der Waals surface area contributed by atoms with Crippen molar-refractivity contribution >= 4 is 11.8 Å². The summed E-state index contributed by atoms with van der Waals surface area (Å²) in [6, 6.07) is 19.3. The van der Waals surface area contributed by atoms with Crippen LogP contribution in [0.2, 0.25) is 0 Å². The highest BCUT2D eigenvalue weighted by molar-refractivity contribution is 6.01. The molecule has 0 spiro atoms. The van der Waals surface area contributed by atoms with Gasteiger partial charge in [-0.25, -0.2) is 0 Å². The lowest BCUT2D eigenvalue weighted by molar-refractivity contribution is -0.115. The van der Waals surface area contributed by atoms with Crippen LogP contribution in [0.3, 0.4) is 0 Å². The fraction of sp³-hybridized carbons (Fsp3) is 0.143. The molecule has 0 atom stereocenters. The SMILES string of the molecule is NC(=O)C1=CN(CCc2ccccc2)C=C(C(N)=O)C1c1ccccc1. The molecular formula is C21H21N3O2. The monoisotopic (exact) mass is 347 g/mol. The summed E-state index contributed by atoms with van der Waals surface area (Å²) in [7, 11) is 0. The quantitative estimate of drug-likeness (QED) is 0.838. The highest BCUT2D eigenvalue weighted by Gasteiger charge is 2.31. The number of carbonyl (C=O) groups excluding carboxylic acids is 2. The molecule has 2 amide bonds. The van der Waals surface area contributed by atoms with E-state index in [1.807, 2.05) is 65.6 Å². The van der Waals surface area contributed by atoms with E-state index in [4.69, 9.17) is 11.5 Å². The minimum absolute atomic E-state index is 0.362. The Labute approximate surface area is 152 Å². The Kier molecular flexibility index (Phi) is 5.17. The zero-order valence-electron chi connectivity index (χ0n) is 14.3. The van der Waals surface area contributed by atoms with Gasteiger partial charge >= 0.3 is 0 Å². The molecule has 0 unspecified atom stereocenters. The maximum Gasteiger partial charge on any atom is 0.247 e. The van der Waals surface area contributed by atoms with Crippen molar-refractivity contribution in [1.82, 2.24) is 4.90 Å². The minimum Gasteiger partial charge on any atom is -0.366 e. The molecule has 2 aromatic rings. The predicted molar refractivity (Wildman–Crippen MR) is 101 cm³/mol. The summed E-state index contributed by atoms with van der Waals surface area (Å²) in [5, 5.41) is 0. The smallest absolute Gasteiger partial charge is 0.247 e. The van der Waals surface area contributed by atoms with Gasteiger partial charge in [0.1, 0.15) is 0 Å². The molecule has 3 rings (SSSR count). The van der Waals surface area contributed by atoms with E-state index in [2.05, 4.69) is 0 Å². The summed E-state index contributed by atoms with van der Waals surface area (Å²) in [6.45, 7) is 0.610. The number of hydrogen-bond donors (Lipinski definition) is 2. The summed E-state index contributed by atoms with van der Waals surface area (Å²) in [5.74, 6) is -1.66. The number of carbonyl (C=O) groups is 2. The molecule has 132 valence electrons. The van der Waals surface area contributed by atoms with Crippen LogP contribution >= 0.6 is 0 Å². The van der Waals surface area contributed by atoms with E-state index in [1.165, 1.54) is 5.56 Å². The van der Waals surface area contributed by atoms with Crippen LogP contribution in [0.25, 0.3) is 0 Å². The molecule has 2 aromatic carbocycles. The maximum atomic E-state index is 12.1. The van der Waals surface area contributed by atoms with Gasteiger partial charge < -0.3 is 16.4 Å². The van der Waals surface area contributed by atoms with Gasteiger partial charge in [0.15, 0.2) is 0 Å². The Bertz CT molecular complexity index is 825. The lowest BCUT2D eigenvalue weighted by Gasteiger charge is -2.30. The third-order valence-electron chi connectivity index (χ3n) is 4.44. The summed E-state index contributed by atoms with van der Waals surface area (Å²) in [6.07, 6.45) is 4.20. The standard InChI is InChI=1S/C21H21N3O2/c22-20(25)17-13-24(12-11-15-7-3-1-4-8-15)14-18(21(23)26)19(17)16-9-5-2-6-10-16/h1-10,13-14,19H,11-12H2,(H2,22,25)(H2,23,26). The van der Waals surface area contributed by atoms with Crippen LogP contribution in [0, 0.1) is 0 Å². The first-order valence-corrected chi connectivity index (χ1v) is 8.44. The van der Waals surface area contributed by atoms with Crippen molar-refractivity contribution in [2.75, 3.05) is 6.54 Å². The van der Waals surface area contributed by atoms with Crippen molar-refractivity contribution in [3.05, 3.63) is 95.3 Å². The Hall–Kier alpha value is -3.34. The molecule has 5 heteroatoms. The van der Waals surface area contributed by atoms with E-state index in [0.717, 1.165) is 12.0 Å². The van der Waals surface area contributed by atoms with Gasteiger partial charge in [0.2, 0.25) is 11.8 Å². The Morgan fingerprint density at radius 2 is 1.31 bits per heavy atom. The van der Waals surface area contributed by atoms with Gasteiger partial charge in [0.05, 0.1) is 0 Å². The first-order chi connectivity index (χ1) is 12.6. The summed E-state index contributed by atoms with van der Waals surface area (Å²) in [4.78, 5) is 26.0. The molecule has 5 nitrogen and oxygen atoms in total. The lowest BCUT2D eigenvalue weighted by atomic mass is 9.83. The van der Waals surface area contributed by atoms with Crippen molar-refractivity contribution in [1.29, 1.82) is 0 Å². The Morgan fingerprint density at radius 3 is 1.81 bits per heavy atom. The van der Waals surface area contributed by atoms with Crippen LogP contribution < -0.4 is 11.5 Å². The van der Waals surface area contributed by atoms with Gasteiger partial charge in [-0.3, -0.25) is 9.59 Å². The predicted octanol–water partition coefficient (Wildman–Crippen LogP) is 2.07. The molecule has 1 aliphatic heterocycles. The number of nitrogens with two attached hydrogens (primary N) is 2. The third-order valence-corrected chi connectivity index (χ3v) is 4.44. The highest BCUT2D eigenvalue weighted by atomic mass is 16.1. The second-order valence-electron chi connectivity index (χ2n) is 6.21. The average molecular weight is 347 g/mol. The van der Waals surface area contributed by atoms with E-state index in [9.17, 15) is 9.59 Å². The van der Waals surface area contributed by atoms with Crippen LogP contribution in [0.5, 0.6) is 0 Å². The molecule has 0 radical (unpaired) electrons. The molecule has 0 saturated heterocycles. The highest BCUT2D eigenvalue weighted by Crippen LogP contribution is 2.35. The summed E-state index contributed by atoms with van der Waals surface area (Å²) in [5.41, 5.74) is 13.9. The summed E-state index contributed by atoms with van der Waals surface area (Å²) >= 11 is 0. The van der Waals surface area contributed by atoms with Crippen molar-refractivity contribution in [3.8, 4) is 0 Å². The molecule has 0 fully saturated rings. The molecule has 1 heterocycles. The maximum absolute atomic E-state index is 12.1. The molecule has 0 aliphatic carbocycles. The van der Waals surface area contributed by atoms with E-state index in [0.29, 0.717) is 17.7 Å². The first kappa shape index (κ1) is 17.5. The van der Waals surface area contributed by atoms with Crippen molar-refractivity contribution < 1.29 is 9.59 Å². The van der Waals surface area contributed by atoms with Crippen molar-refractivity contribution in [2.24, 2.45) is 11.5 Å². The van der Waals surface area contributed by atoms with E-state index >= 15 is 0 Å². The zero-order valence-corrected chi connectivity index (χ0v) is 14.3. The van der Waals surface area contributed by atoms with E-state index < -0.39 is 17.7 Å². The summed E-state index contributed by atoms with van der Waals surface area (Å²) < 4.78 is 0. The van der Waals surface area contributed by atoms with Gasteiger partial charge in [-0.2, -0.15) is 0 Å². The lowest BCUT2D eigenvalue weighted by Crippen LogP contribution is -2.33. The van der Waals surface area contributed by atoms with E-state index in [1.54, 1.807) is 12.4 Å². The number of benzene rings is 2. The number of nitrogens with zero attached hydrogens (tertiary/aromatic N) is 1. The van der Waals surface area contributed by atoms with Crippen LogP contribution in [-0.2, 0) is 16.0 Å². The molecule has 26 heavy (non-hydrogen) atoms. The van der Waals surface area contributed by atoms with Crippen LogP contribution in [0.15, 0.2) is 84.2 Å². The topological polar surface area (TPSA) is 89.4 Å². The normalized spacial score (nSPS) is 14.5. The molecule has 0 bridgehead atoms. The van der Waals surface area contributed by atoms with Gasteiger partial charge in [-0.15, -0.1) is 0 Å². The minimum atomic E-state index is -0.560. The molecule has 4 N–H and O–H groups in total. The average Bonchev–Trinajstić information content (AvgIpc) is 2.67. The Balaban J connectivity index is 1.92. The number of hydrogen-bond acceptors (Lipinski definition) is 3. The fourth-order valence-electron chi connectivity index (χ4n) is 3.16. The second-order valence-corrected chi connectivity index (χ2v) is 6.21. The van der Waals surface area contributed by atoms with Crippen LogP contribution in [0.1, 0.15) is 17.0 Å². The number of amides is 2. The van der Waals surface area contributed by atoms with Gasteiger partial charge in [-0.1, -0.05) is 60.7 Å². The van der Waals surface area contributed by atoms with Crippen molar-refractivity contribution in [2.45, 2.75) is 12.3 Å². The second kappa shape index (κ2) is 7.70. The van der Waals surface area contributed by atoms with E-state index in [-0.39, 0.29) is 0 Å². The van der Waals surface area contributed by atoms with Gasteiger partial charge in [0, 0.05) is 36.0 Å². The van der Waals surface area contributed by atoms with Crippen LogP contribution in [-0.4, -0.2) is 23.3 Å². The van der Waals surface area contributed by atoms with Crippen LogP contribution in [0.4, 0.5) is 0 Å². The Morgan fingerprint density at radius 1 is 0.808 bits per heavy atom. The van der Waals surface area contributed by atoms with Crippen molar-refractivity contribution in [3.63, 3.8) is 0 Å². The number of primary amides is 2. The van der Waals surface area contributed by atoms with Gasteiger partial charge in [-0.05, 0) is 17.5 Å².